The van der Waals surface area contributed by atoms with Gasteiger partial charge >= 0.3 is 0 Å². The molecule has 0 aliphatic carbocycles. The predicted molar refractivity (Wildman–Crippen MR) is 134 cm³/mol. The van der Waals surface area contributed by atoms with Crippen molar-refractivity contribution in [2.24, 2.45) is 5.92 Å². The third-order valence-corrected chi connectivity index (χ3v) is 6.96. The van der Waals surface area contributed by atoms with Gasteiger partial charge in [-0.25, -0.2) is 0 Å². The van der Waals surface area contributed by atoms with Crippen LogP contribution in [-0.4, -0.2) is 65.8 Å². The molecule has 4 rings (SSSR count). The zero-order chi connectivity index (χ0) is 23.0. The molecule has 1 amide bonds. The summed E-state index contributed by atoms with van der Waals surface area (Å²) in [6, 6.07) is 8.23. The van der Waals surface area contributed by atoms with Crippen molar-refractivity contribution in [3.05, 3.63) is 24.3 Å². The number of amides is 1. The summed E-state index contributed by atoms with van der Waals surface area (Å²) in [4.78, 5) is 17.3. The van der Waals surface area contributed by atoms with Crippen molar-refractivity contribution in [1.82, 2.24) is 14.8 Å². The monoisotopic (exact) mass is 472 g/mol. The van der Waals surface area contributed by atoms with Crippen LogP contribution in [-0.2, 0) is 16.1 Å². The van der Waals surface area contributed by atoms with E-state index < -0.39 is 0 Å². The lowest BCUT2D eigenvalue weighted by Gasteiger charge is -2.28. The van der Waals surface area contributed by atoms with Gasteiger partial charge in [0.25, 0.3) is 0 Å². The van der Waals surface area contributed by atoms with E-state index in [1.54, 1.807) is 0 Å². The molecule has 0 unspecified atom stereocenters. The average Bonchev–Trinajstić information content (AvgIpc) is 3.02. The predicted octanol–water partition coefficient (Wildman–Crippen LogP) is 3.88. The summed E-state index contributed by atoms with van der Waals surface area (Å²) in [6.45, 7) is 10.5. The van der Waals surface area contributed by atoms with Gasteiger partial charge in [-0.15, -0.1) is 10.2 Å². The molecule has 2 aliphatic heterocycles. The number of morpholine rings is 1. The summed E-state index contributed by atoms with van der Waals surface area (Å²) in [5, 5.41) is 12.7. The first kappa shape index (κ1) is 23.9. The van der Waals surface area contributed by atoms with Crippen LogP contribution in [0.3, 0.4) is 0 Å². The molecule has 2 fully saturated rings. The van der Waals surface area contributed by atoms with Crippen LogP contribution in [0.15, 0.2) is 29.4 Å². The lowest BCUT2D eigenvalue weighted by molar-refractivity contribution is -0.113. The lowest BCUT2D eigenvalue weighted by atomic mass is 10.2. The van der Waals surface area contributed by atoms with Crippen LogP contribution in [0.5, 0.6) is 0 Å². The molecule has 180 valence electrons. The molecule has 1 N–H and O–H groups in total. The maximum atomic E-state index is 12.6. The van der Waals surface area contributed by atoms with Crippen molar-refractivity contribution in [2.45, 2.75) is 51.2 Å². The fourth-order valence-electron chi connectivity index (χ4n) is 4.32. The fourth-order valence-corrected chi connectivity index (χ4v) is 5.06. The molecule has 2 saturated heterocycles. The molecular weight excluding hydrogens is 436 g/mol. The maximum absolute atomic E-state index is 12.6. The van der Waals surface area contributed by atoms with Gasteiger partial charge < -0.3 is 19.9 Å². The Morgan fingerprint density at radius 1 is 1.00 bits per heavy atom. The van der Waals surface area contributed by atoms with Crippen LogP contribution in [0.2, 0.25) is 0 Å². The Kier molecular flexibility index (Phi) is 8.50. The van der Waals surface area contributed by atoms with Gasteiger partial charge in [0.1, 0.15) is 0 Å². The van der Waals surface area contributed by atoms with Gasteiger partial charge in [0.05, 0.1) is 19.0 Å². The van der Waals surface area contributed by atoms with Crippen LogP contribution in [0.1, 0.15) is 39.5 Å². The van der Waals surface area contributed by atoms with E-state index in [1.165, 1.54) is 43.1 Å². The third kappa shape index (κ3) is 6.63. The summed E-state index contributed by atoms with van der Waals surface area (Å²) >= 11 is 1.44. The topological polar surface area (TPSA) is 75.5 Å². The van der Waals surface area contributed by atoms with E-state index in [1.807, 2.05) is 12.1 Å². The molecule has 2 aliphatic rings. The smallest absolute Gasteiger partial charge is 0.234 e. The molecule has 1 aromatic heterocycles. The number of carbonyl (C=O) groups excluding carboxylic acids is 1. The van der Waals surface area contributed by atoms with Crippen molar-refractivity contribution in [3.8, 4) is 0 Å². The van der Waals surface area contributed by atoms with Gasteiger partial charge in [-0.05, 0) is 43.0 Å². The maximum Gasteiger partial charge on any atom is 0.234 e. The third-order valence-electron chi connectivity index (χ3n) is 5.99. The second-order valence-corrected chi connectivity index (χ2v) is 10.1. The zero-order valence-corrected chi connectivity index (χ0v) is 20.6. The highest BCUT2D eigenvalue weighted by Crippen LogP contribution is 2.25. The molecule has 8 nitrogen and oxygen atoms in total. The molecule has 33 heavy (non-hydrogen) atoms. The second kappa shape index (κ2) is 11.7. The molecule has 0 bridgehead atoms. The van der Waals surface area contributed by atoms with Crippen LogP contribution >= 0.6 is 11.8 Å². The Morgan fingerprint density at radius 2 is 1.70 bits per heavy atom. The quantitative estimate of drug-likeness (QED) is 0.584. The van der Waals surface area contributed by atoms with E-state index >= 15 is 0 Å². The number of carbonyl (C=O) groups is 1. The SMILES string of the molecule is CC(C)Cn1c(SCC(=O)Nc2ccc(N3CCCCCC3)cc2)nnc1N1CCOCC1. The first-order chi connectivity index (χ1) is 16.1. The Morgan fingerprint density at radius 3 is 2.36 bits per heavy atom. The molecule has 1 aromatic carbocycles. The highest BCUT2D eigenvalue weighted by molar-refractivity contribution is 7.99. The highest BCUT2D eigenvalue weighted by Gasteiger charge is 2.21. The molecule has 9 heteroatoms. The van der Waals surface area contributed by atoms with E-state index in [9.17, 15) is 4.79 Å². The average molecular weight is 473 g/mol. The van der Waals surface area contributed by atoms with Gasteiger partial charge in [0.15, 0.2) is 5.16 Å². The molecule has 0 atom stereocenters. The van der Waals surface area contributed by atoms with E-state index in [-0.39, 0.29) is 5.91 Å². The van der Waals surface area contributed by atoms with Crippen LogP contribution in [0.25, 0.3) is 0 Å². The summed E-state index contributed by atoms with van der Waals surface area (Å²) in [6.07, 6.45) is 5.15. The number of nitrogens with zero attached hydrogens (tertiary/aromatic N) is 5. The first-order valence-corrected chi connectivity index (χ1v) is 13.1. The number of anilines is 3. The summed E-state index contributed by atoms with van der Waals surface area (Å²) in [5.41, 5.74) is 2.07. The molecule has 2 aromatic rings. The van der Waals surface area contributed by atoms with Crippen molar-refractivity contribution < 1.29 is 9.53 Å². The van der Waals surface area contributed by atoms with E-state index in [0.717, 1.165) is 49.5 Å². The Labute approximate surface area is 201 Å². The molecule has 0 spiro atoms. The van der Waals surface area contributed by atoms with Crippen molar-refractivity contribution in [1.29, 1.82) is 0 Å². The van der Waals surface area contributed by atoms with Gasteiger partial charge in [0, 0.05) is 44.1 Å². The first-order valence-electron chi connectivity index (χ1n) is 12.1. The fraction of sp³-hybridized carbons (Fsp3) is 0.625. The van der Waals surface area contributed by atoms with Gasteiger partial charge in [-0.2, -0.15) is 0 Å². The molecular formula is C24H36N6O2S. The van der Waals surface area contributed by atoms with Crippen LogP contribution < -0.4 is 15.1 Å². The number of rotatable bonds is 8. The highest BCUT2D eigenvalue weighted by atomic mass is 32.2. The number of hydrogen-bond donors (Lipinski definition) is 1. The Hall–Kier alpha value is -2.26. The standard InChI is InChI=1S/C24H36N6O2S/c1-19(2)17-30-23(29-13-15-32-16-14-29)26-27-24(30)33-18-22(31)25-20-7-9-21(10-8-20)28-11-5-3-4-6-12-28/h7-10,19H,3-6,11-18H2,1-2H3,(H,25,31). The van der Waals surface area contributed by atoms with Crippen LogP contribution in [0.4, 0.5) is 17.3 Å². The number of nitrogens with one attached hydrogen (secondary N) is 1. The number of aromatic nitrogens is 3. The van der Waals surface area contributed by atoms with E-state index in [2.05, 4.69) is 55.9 Å². The second-order valence-electron chi connectivity index (χ2n) is 9.17. The summed E-state index contributed by atoms with van der Waals surface area (Å²) < 4.78 is 7.61. The van der Waals surface area contributed by atoms with Crippen molar-refractivity contribution in [2.75, 3.05) is 60.3 Å². The number of ether oxygens (including phenoxy) is 1. The van der Waals surface area contributed by atoms with E-state index in [4.69, 9.17) is 4.74 Å². The number of thioether (sulfide) groups is 1. The molecule has 0 saturated carbocycles. The minimum atomic E-state index is -0.0328. The van der Waals surface area contributed by atoms with Crippen molar-refractivity contribution >= 4 is 35.0 Å². The largest absolute Gasteiger partial charge is 0.378 e. The van der Waals surface area contributed by atoms with E-state index in [0.29, 0.717) is 24.9 Å². The van der Waals surface area contributed by atoms with Gasteiger partial charge in [0.2, 0.25) is 11.9 Å². The minimum Gasteiger partial charge on any atom is -0.378 e. The Balaban J connectivity index is 1.34. The van der Waals surface area contributed by atoms with Crippen molar-refractivity contribution in [3.63, 3.8) is 0 Å². The number of benzene rings is 1. The van der Waals surface area contributed by atoms with Crippen LogP contribution in [0, 0.1) is 5.92 Å². The molecule has 3 heterocycles. The zero-order valence-electron chi connectivity index (χ0n) is 19.8. The molecule has 0 radical (unpaired) electrons. The number of hydrogen-bond acceptors (Lipinski definition) is 7. The summed E-state index contributed by atoms with van der Waals surface area (Å²) in [5.74, 6) is 1.60. The van der Waals surface area contributed by atoms with Gasteiger partial charge in [-0.3, -0.25) is 9.36 Å². The lowest BCUT2D eigenvalue weighted by Crippen LogP contribution is -2.38. The summed E-state index contributed by atoms with van der Waals surface area (Å²) in [7, 11) is 0. The normalized spacial score (nSPS) is 17.3. The van der Waals surface area contributed by atoms with Gasteiger partial charge in [-0.1, -0.05) is 38.5 Å². The minimum absolute atomic E-state index is 0.0328. The Bertz CT molecular complexity index is 887.